The summed E-state index contributed by atoms with van der Waals surface area (Å²) in [6, 6.07) is 6.19. The number of esters is 1. The number of ether oxygens (including phenoxy) is 1. The van der Waals surface area contributed by atoms with Crippen molar-refractivity contribution in [3.63, 3.8) is 0 Å². The van der Waals surface area contributed by atoms with E-state index in [1.54, 1.807) is 18.4 Å². The zero-order valence-corrected chi connectivity index (χ0v) is 18.3. The molecule has 0 bridgehead atoms. The van der Waals surface area contributed by atoms with Gasteiger partial charge in [0, 0.05) is 31.2 Å². The van der Waals surface area contributed by atoms with Gasteiger partial charge in [-0.15, -0.1) is 0 Å². The van der Waals surface area contributed by atoms with Crippen LogP contribution in [0.2, 0.25) is 0 Å². The summed E-state index contributed by atoms with van der Waals surface area (Å²) >= 11 is 0. The van der Waals surface area contributed by atoms with Gasteiger partial charge in [-0.2, -0.15) is 4.98 Å². The number of carbonyl (C=O) groups is 1. The summed E-state index contributed by atoms with van der Waals surface area (Å²) in [5.41, 5.74) is 3.68. The highest BCUT2D eigenvalue weighted by Gasteiger charge is 2.21. The van der Waals surface area contributed by atoms with E-state index in [-0.39, 0.29) is 19.6 Å². The fraction of sp³-hybridized carbons (Fsp3) is 0.364. The van der Waals surface area contributed by atoms with Gasteiger partial charge in [0.2, 0.25) is 5.78 Å². The molecule has 9 nitrogen and oxygen atoms in total. The number of imidazole rings is 2. The van der Waals surface area contributed by atoms with Gasteiger partial charge in [-0.1, -0.05) is 6.07 Å². The topological polar surface area (TPSA) is 92.5 Å². The van der Waals surface area contributed by atoms with Crippen molar-refractivity contribution in [2.75, 3.05) is 6.61 Å². The summed E-state index contributed by atoms with van der Waals surface area (Å²) in [5, 5.41) is 0. The van der Waals surface area contributed by atoms with E-state index in [1.165, 1.54) is 4.57 Å². The Morgan fingerprint density at radius 2 is 1.77 bits per heavy atom. The zero-order chi connectivity index (χ0) is 22.4. The molecule has 31 heavy (non-hydrogen) atoms. The van der Waals surface area contributed by atoms with Crippen molar-refractivity contribution in [2.45, 2.75) is 40.7 Å². The van der Waals surface area contributed by atoms with Crippen LogP contribution >= 0.6 is 0 Å². The Bertz CT molecular complexity index is 1430. The van der Waals surface area contributed by atoms with Gasteiger partial charge in [-0.3, -0.25) is 27.7 Å². The van der Waals surface area contributed by atoms with Crippen LogP contribution in [0.3, 0.4) is 0 Å². The summed E-state index contributed by atoms with van der Waals surface area (Å²) in [7, 11) is 1.57. The maximum atomic E-state index is 13.2. The van der Waals surface area contributed by atoms with Crippen molar-refractivity contribution in [2.24, 2.45) is 7.05 Å². The molecule has 3 aromatic heterocycles. The first-order chi connectivity index (χ1) is 14.7. The molecule has 9 heteroatoms. The van der Waals surface area contributed by atoms with Gasteiger partial charge in [0.1, 0.15) is 0 Å². The third-order valence-electron chi connectivity index (χ3n) is 5.34. The molecule has 162 valence electrons. The van der Waals surface area contributed by atoms with Crippen LogP contribution in [0.5, 0.6) is 0 Å². The van der Waals surface area contributed by atoms with Gasteiger partial charge in [-0.05, 0) is 51.0 Å². The Kier molecular flexibility index (Phi) is 5.04. The molecule has 0 saturated carbocycles. The molecule has 0 aliphatic carbocycles. The fourth-order valence-electron chi connectivity index (χ4n) is 4.04. The second-order valence-corrected chi connectivity index (χ2v) is 7.76. The van der Waals surface area contributed by atoms with E-state index >= 15 is 0 Å². The number of hydrogen-bond acceptors (Lipinski definition) is 5. The minimum atomic E-state index is -0.516. The Labute approximate surface area is 178 Å². The quantitative estimate of drug-likeness (QED) is 0.458. The van der Waals surface area contributed by atoms with E-state index in [0.717, 1.165) is 27.1 Å². The minimum Gasteiger partial charge on any atom is -0.466 e. The average molecular weight is 423 g/mol. The van der Waals surface area contributed by atoms with Gasteiger partial charge in [0.25, 0.3) is 5.56 Å². The number of hydrogen-bond donors (Lipinski definition) is 0. The summed E-state index contributed by atoms with van der Waals surface area (Å²) in [4.78, 5) is 42.4. The Hall–Kier alpha value is -3.62. The van der Waals surface area contributed by atoms with Gasteiger partial charge in [0.05, 0.1) is 13.0 Å². The number of nitrogens with zero attached hydrogens (tertiary/aromatic N) is 5. The molecule has 0 spiro atoms. The molecular formula is C22H25N5O4. The van der Waals surface area contributed by atoms with Gasteiger partial charge >= 0.3 is 11.7 Å². The molecular weight excluding hydrogens is 398 g/mol. The number of aryl methyl sites for hydroxylation is 4. The van der Waals surface area contributed by atoms with Crippen LogP contribution in [0.4, 0.5) is 0 Å². The minimum absolute atomic E-state index is 0.0513. The highest BCUT2D eigenvalue weighted by Crippen LogP contribution is 2.22. The molecule has 4 aromatic rings. The molecule has 0 fully saturated rings. The lowest BCUT2D eigenvalue weighted by Gasteiger charge is -2.08. The third kappa shape index (κ3) is 3.35. The smallest absolute Gasteiger partial charge is 0.332 e. The van der Waals surface area contributed by atoms with Crippen molar-refractivity contribution in [3.05, 3.63) is 62.1 Å². The first kappa shape index (κ1) is 20.6. The largest absolute Gasteiger partial charge is 0.466 e. The molecule has 0 atom stereocenters. The number of rotatable bonds is 5. The normalized spacial score (nSPS) is 11.5. The molecule has 0 saturated heterocycles. The molecule has 0 amide bonds. The van der Waals surface area contributed by atoms with E-state index in [0.29, 0.717) is 16.9 Å². The lowest BCUT2D eigenvalue weighted by Crippen LogP contribution is -2.39. The molecule has 0 N–H and O–H groups in total. The van der Waals surface area contributed by atoms with Crippen LogP contribution in [0, 0.1) is 20.8 Å². The van der Waals surface area contributed by atoms with E-state index in [4.69, 9.17) is 4.74 Å². The Morgan fingerprint density at radius 1 is 1.10 bits per heavy atom. The molecule has 0 aliphatic heterocycles. The number of fused-ring (bicyclic) bond motifs is 3. The molecule has 0 unspecified atom stereocenters. The average Bonchev–Trinajstić information content (AvgIpc) is 3.20. The van der Waals surface area contributed by atoms with Crippen LogP contribution in [-0.2, 0) is 23.1 Å². The van der Waals surface area contributed by atoms with Crippen LogP contribution in [-0.4, -0.2) is 35.7 Å². The zero-order valence-electron chi connectivity index (χ0n) is 18.3. The molecule has 4 rings (SSSR count). The number of aromatic nitrogens is 5. The molecule has 3 heterocycles. The van der Waals surface area contributed by atoms with Crippen LogP contribution in [0.15, 0.2) is 34.0 Å². The van der Waals surface area contributed by atoms with Crippen molar-refractivity contribution < 1.29 is 9.53 Å². The predicted octanol–water partition coefficient (Wildman–Crippen LogP) is 2.02. The Morgan fingerprint density at radius 3 is 2.42 bits per heavy atom. The second-order valence-electron chi connectivity index (χ2n) is 7.76. The van der Waals surface area contributed by atoms with Crippen LogP contribution in [0.25, 0.3) is 22.6 Å². The standard InChI is InChI=1S/C22H25N5O4/c1-6-31-17(28)7-8-25-20(29)18-19(24(5)22(25)30)23-21-26(18)12-15(4)27(21)16-10-13(2)9-14(3)11-16/h9-12H,6-8H2,1-5H3. The van der Waals surface area contributed by atoms with Gasteiger partial charge in [-0.25, -0.2) is 4.79 Å². The predicted molar refractivity (Wildman–Crippen MR) is 117 cm³/mol. The summed E-state index contributed by atoms with van der Waals surface area (Å²) in [6.45, 7) is 7.91. The van der Waals surface area contributed by atoms with Crippen molar-refractivity contribution in [3.8, 4) is 5.69 Å². The van der Waals surface area contributed by atoms with Crippen LogP contribution in [0.1, 0.15) is 30.2 Å². The van der Waals surface area contributed by atoms with Crippen molar-refractivity contribution >= 4 is 22.9 Å². The highest BCUT2D eigenvalue weighted by atomic mass is 16.5. The number of carbonyl (C=O) groups excluding carboxylic acids is 1. The third-order valence-corrected chi connectivity index (χ3v) is 5.34. The van der Waals surface area contributed by atoms with E-state index in [9.17, 15) is 14.4 Å². The van der Waals surface area contributed by atoms with Crippen molar-refractivity contribution in [1.82, 2.24) is 23.1 Å². The Balaban J connectivity index is 1.96. The summed E-state index contributed by atoms with van der Waals surface area (Å²) < 4.78 is 11.0. The van der Waals surface area contributed by atoms with Gasteiger partial charge < -0.3 is 4.74 Å². The molecule has 0 radical (unpaired) electrons. The van der Waals surface area contributed by atoms with Crippen molar-refractivity contribution in [1.29, 1.82) is 0 Å². The first-order valence-electron chi connectivity index (χ1n) is 10.2. The van der Waals surface area contributed by atoms with Crippen LogP contribution < -0.4 is 11.2 Å². The monoisotopic (exact) mass is 423 g/mol. The lowest BCUT2D eigenvalue weighted by atomic mass is 10.1. The SMILES string of the molecule is CCOC(=O)CCn1c(=O)c2c(nc3n(-c4cc(C)cc(C)c4)c(C)cn23)n(C)c1=O. The number of benzene rings is 1. The van der Waals surface area contributed by atoms with Gasteiger partial charge in [0.15, 0.2) is 11.2 Å². The summed E-state index contributed by atoms with van der Waals surface area (Å²) in [6.07, 6.45) is 1.78. The molecule has 0 aliphatic rings. The highest BCUT2D eigenvalue weighted by molar-refractivity contribution is 5.76. The fourth-order valence-corrected chi connectivity index (χ4v) is 4.04. The maximum Gasteiger partial charge on any atom is 0.332 e. The maximum absolute atomic E-state index is 13.2. The van der Waals surface area contributed by atoms with E-state index in [2.05, 4.69) is 23.2 Å². The van der Waals surface area contributed by atoms with E-state index in [1.807, 2.05) is 31.5 Å². The lowest BCUT2D eigenvalue weighted by molar-refractivity contribution is -0.143. The van der Waals surface area contributed by atoms with E-state index < -0.39 is 17.2 Å². The summed E-state index contributed by atoms with van der Waals surface area (Å²) in [5.74, 6) is 0.0968. The second kappa shape index (κ2) is 7.57. The first-order valence-corrected chi connectivity index (χ1v) is 10.2. The molecule has 1 aromatic carbocycles.